The highest BCUT2D eigenvalue weighted by Crippen LogP contribution is 2.31. The number of ether oxygens (including phenoxy) is 2. The third-order valence-electron chi connectivity index (χ3n) is 4.76. The van der Waals surface area contributed by atoms with Crippen LogP contribution in [0.4, 0.5) is 4.39 Å². The molecule has 178 valence electrons. The van der Waals surface area contributed by atoms with Crippen LogP contribution >= 0.6 is 0 Å². The molecule has 0 aliphatic rings. The summed E-state index contributed by atoms with van der Waals surface area (Å²) in [5.41, 5.74) is 3.41. The highest BCUT2D eigenvalue weighted by Gasteiger charge is 2.30. The second-order valence-corrected chi connectivity index (χ2v) is 9.03. The Hall–Kier alpha value is -3.76. The molecule has 0 saturated carbocycles. The molecular weight excluding hydrogens is 461 g/mol. The molecule has 0 heterocycles. The van der Waals surface area contributed by atoms with Crippen LogP contribution in [0.3, 0.4) is 0 Å². The smallest absolute Gasteiger partial charge is 0.255 e. The van der Waals surface area contributed by atoms with Crippen molar-refractivity contribution in [3.8, 4) is 11.5 Å². The average molecular weight is 486 g/mol. The number of nitrogens with one attached hydrogen (secondary N) is 1. The molecule has 34 heavy (non-hydrogen) atoms. The highest BCUT2D eigenvalue weighted by molar-refractivity contribution is 7.89. The van der Waals surface area contributed by atoms with Crippen LogP contribution in [0, 0.1) is 5.82 Å². The van der Waals surface area contributed by atoms with Crippen LogP contribution in [0.1, 0.15) is 11.1 Å². The van der Waals surface area contributed by atoms with Crippen LogP contribution in [-0.2, 0) is 21.4 Å². The first-order valence-electron chi connectivity index (χ1n) is 10.2. The number of carbonyl (C=O) groups is 1. The zero-order chi connectivity index (χ0) is 24.6. The molecule has 0 aliphatic carbocycles. The van der Waals surface area contributed by atoms with E-state index in [1.807, 2.05) is 0 Å². The van der Waals surface area contributed by atoms with Gasteiger partial charge in [-0.25, -0.2) is 18.2 Å². The summed E-state index contributed by atoms with van der Waals surface area (Å²) in [5.74, 6) is -0.678. The summed E-state index contributed by atoms with van der Waals surface area (Å²) in [5, 5.41) is 3.80. The first kappa shape index (κ1) is 24.9. The van der Waals surface area contributed by atoms with Gasteiger partial charge in [0.2, 0.25) is 10.0 Å². The average Bonchev–Trinajstić information content (AvgIpc) is 2.84. The number of sulfonamides is 1. The van der Waals surface area contributed by atoms with Gasteiger partial charge >= 0.3 is 0 Å². The molecule has 10 heteroatoms. The number of nitrogens with zero attached hydrogens (tertiary/aromatic N) is 2. The molecule has 0 bridgehead atoms. The molecule has 0 unspecified atom stereocenters. The van der Waals surface area contributed by atoms with Crippen LogP contribution < -0.4 is 14.9 Å². The maximum atomic E-state index is 13.6. The summed E-state index contributed by atoms with van der Waals surface area (Å²) < 4.78 is 51.9. The van der Waals surface area contributed by atoms with Gasteiger partial charge in [0.25, 0.3) is 5.91 Å². The van der Waals surface area contributed by atoms with Gasteiger partial charge in [0.05, 0.1) is 27.0 Å². The van der Waals surface area contributed by atoms with Gasteiger partial charge in [-0.2, -0.15) is 9.41 Å². The van der Waals surface area contributed by atoms with Crippen molar-refractivity contribution < 1.29 is 27.1 Å². The Morgan fingerprint density at radius 1 is 1.03 bits per heavy atom. The molecule has 0 aliphatic heterocycles. The van der Waals surface area contributed by atoms with Crippen molar-refractivity contribution in [2.75, 3.05) is 20.8 Å². The molecular formula is C24H24FN3O5S. The van der Waals surface area contributed by atoms with E-state index in [1.165, 1.54) is 50.8 Å². The van der Waals surface area contributed by atoms with Crippen molar-refractivity contribution in [3.05, 3.63) is 89.7 Å². The largest absolute Gasteiger partial charge is 0.497 e. The number of hydrazone groups is 1. The normalized spacial score (nSPS) is 11.5. The number of carbonyl (C=O) groups excluding carboxylic acids is 1. The summed E-state index contributed by atoms with van der Waals surface area (Å²) in [6.45, 7) is -0.581. The van der Waals surface area contributed by atoms with E-state index in [2.05, 4.69) is 10.5 Å². The molecule has 0 radical (unpaired) electrons. The first-order valence-corrected chi connectivity index (χ1v) is 11.6. The molecule has 0 fully saturated rings. The van der Waals surface area contributed by atoms with Crippen LogP contribution in [0.2, 0.25) is 0 Å². The molecule has 3 rings (SSSR count). The van der Waals surface area contributed by atoms with Crippen molar-refractivity contribution in [1.82, 2.24) is 9.73 Å². The maximum absolute atomic E-state index is 13.6. The molecule has 0 aromatic heterocycles. The van der Waals surface area contributed by atoms with Crippen molar-refractivity contribution in [2.45, 2.75) is 11.4 Å². The molecule has 0 saturated heterocycles. The Kier molecular flexibility index (Phi) is 8.34. The summed E-state index contributed by atoms with van der Waals surface area (Å²) in [7, 11) is -1.41. The number of halogens is 1. The molecule has 0 spiro atoms. The lowest BCUT2D eigenvalue weighted by atomic mass is 10.2. The Morgan fingerprint density at radius 3 is 2.47 bits per heavy atom. The van der Waals surface area contributed by atoms with E-state index in [-0.39, 0.29) is 17.2 Å². The lowest BCUT2D eigenvalue weighted by molar-refractivity contribution is -0.121. The zero-order valence-electron chi connectivity index (χ0n) is 18.6. The van der Waals surface area contributed by atoms with Crippen molar-refractivity contribution in [2.24, 2.45) is 5.10 Å². The van der Waals surface area contributed by atoms with Crippen LogP contribution in [-0.4, -0.2) is 45.6 Å². The Bertz CT molecular complexity index is 1270. The van der Waals surface area contributed by atoms with E-state index in [0.717, 1.165) is 4.31 Å². The standard InChI is InChI=1S/C24H24FN3O5S/c1-32-21-11-12-22(33-2)23(14-21)34(30,31)28(16-18-7-4-3-5-8-18)17-24(29)27-26-15-19-9-6-10-20(25)13-19/h3-15H,16-17H2,1-2H3,(H,27,29)/b26-15+. The Balaban J connectivity index is 1.87. The van der Waals surface area contributed by atoms with Gasteiger partial charge in [-0.05, 0) is 35.4 Å². The van der Waals surface area contributed by atoms with Gasteiger partial charge in [0.15, 0.2) is 0 Å². The van der Waals surface area contributed by atoms with E-state index in [0.29, 0.717) is 16.9 Å². The highest BCUT2D eigenvalue weighted by atomic mass is 32.2. The van der Waals surface area contributed by atoms with Gasteiger partial charge in [0, 0.05) is 12.6 Å². The van der Waals surface area contributed by atoms with Crippen molar-refractivity contribution in [3.63, 3.8) is 0 Å². The minimum atomic E-state index is -4.19. The fraction of sp³-hybridized carbons (Fsp3) is 0.167. The fourth-order valence-corrected chi connectivity index (χ4v) is 4.65. The molecule has 3 aromatic carbocycles. The number of amides is 1. The van der Waals surface area contributed by atoms with Gasteiger partial charge in [-0.3, -0.25) is 4.79 Å². The molecule has 1 N–H and O–H groups in total. The summed E-state index contributed by atoms with van der Waals surface area (Å²) >= 11 is 0. The monoisotopic (exact) mass is 485 g/mol. The SMILES string of the molecule is COc1ccc(OC)c(S(=O)(=O)N(CC(=O)N/N=C/c2cccc(F)c2)Cc2ccccc2)c1. The molecule has 3 aromatic rings. The second-order valence-electron chi connectivity index (χ2n) is 7.12. The predicted molar refractivity (Wildman–Crippen MR) is 126 cm³/mol. The topological polar surface area (TPSA) is 97.3 Å². The summed E-state index contributed by atoms with van der Waals surface area (Å²) in [6, 6.07) is 18.9. The first-order chi connectivity index (χ1) is 16.3. The van der Waals surface area contributed by atoms with Gasteiger partial charge in [-0.15, -0.1) is 0 Å². The second kappa shape index (κ2) is 11.4. The minimum Gasteiger partial charge on any atom is -0.497 e. The minimum absolute atomic E-state index is 0.0649. The quantitative estimate of drug-likeness (QED) is 0.351. The predicted octanol–water partition coefficient (Wildman–Crippen LogP) is 3.18. The van der Waals surface area contributed by atoms with Gasteiger partial charge < -0.3 is 9.47 Å². The summed E-state index contributed by atoms with van der Waals surface area (Å²) in [4.78, 5) is 12.5. The Labute approximate surface area is 197 Å². The third-order valence-corrected chi connectivity index (χ3v) is 6.57. The number of hydrogen-bond donors (Lipinski definition) is 1. The van der Waals surface area contributed by atoms with Crippen molar-refractivity contribution in [1.29, 1.82) is 0 Å². The van der Waals surface area contributed by atoms with Crippen LogP contribution in [0.15, 0.2) is 82.8 Å². The number of rotatable bonds is 10. The number of methoxy groups -OCH3 is 2. The fourth-order valence-electron chi connectivity index (χ4n) is 3.10. The Morgan fingerprint density at radius 2 is 1.79 bits per heavy atom. The molecule has 0 atom stereocenters. The lowest BCUT2D eigenvalue weighted by Gasteiger charge is -2.23. The van der Waals surface area contributed by atoms with Gasteiger partial charge in [0.1, 0.15) is 22.2 Å². The van der Waals surface area contributed by atoms with E-state index in [9.17, 15) is 17.6 Å². The van der Waals surface area contributed by atoms with E-state index in [4.69, 9.17) is 9.47 Å². The van der Waals surface area contributed by atoms with E-state index < -0.39 is 28.3 Å². The molecule has 8 nitrogen and oxygen atoms in total. The summed E-state index contributed by atoms with van der Waals surface area (Å²) in [6.07, 6.45) is 1.27. The number of benzene rings is 3. The van der Waals surface area contributed by atoms with Crippen LogP contribution in [0.5, 0.6) is 11.5 Å². The van der Waals surface area contributed by atoms with Gasteiger partial charge in [-0.1, -0.05) is 42.5 Å². The zero-order valence-corrected chi connectivity index (χ0v) is 19.5. The van der Waals surface area contributed by atoms with Crippen LogP contribution in [0.25, 0.3) is 0 Å². The molecule has 1 amide bonds. The third kappa shape index (κ3) is 6.40. The van der Waals surface area contributed by atoms with E-state index >= 15 is 0 Å². The van der Waals surface area contributed by atoms with Crippen molar-refractivity contribution >= 4 is 22.1 Å². The van der Waals surface area contributed by atoms with E-state index in [1.54, 1.807) is 42.5 Å². The lowest BCUT2D eigenvalue weighted by Crippen LogP contribution is -2.39. The number of hydrogen-bond acceptors (Lipinski definition) is 6. The maximum Gasteiger partial charge on any atom is 0.255 e.